The lowest BCUT2D eigenvalue weighted by molar-refractivity contribution is 0.434. The number of hydrogen-bond acceptors (Lipinski definition) is 4. The molecule has 0 saturated heterocycles. The van der Waals surface area contributed by atoms with Crippen molar-refractivity contribution in [3.63, 3.8) is 0 Å². The van der Waals surface area contributed by atoms with Crippen LogP contribution in [0.2, 0.25) is 0 Å². The van der Waals surface area contributed by atoms with Crippen LogP contribution in [0.15, 0.2) is 22.9 Å². The topological polar surface area (TPSA) is 64.9 Å². The van der Waals surface area contributed by atoms with Crippen LogP contribution in [0.5, 0.6) is 0 Å². The van der Waals surface area contributed by atoms with Gasteiger partial charge in [-0.3, -0.25) is 4.98 Å². The summed E-state index contributed by atoms with van der Waals surface area (Å²) < 4.78 is 5.30. The van der Waals surface area contributed by atoms with E-state index in [-0.39, 0.29) is 0 Å². The van der Waals surface area contributed by atoms with Crippen LogP contribution in [-0.4, -0.2) is 10.1 Å². The van der Waals surface area contributed by atoms with Crippen molar-refractivity contribution in [3.05, 3.63) is 29.6 Å². The molecule has 2 aromatic rings. The Morgan fingerprint density at radius 2 is 2.25 bits per heavy atom. The molecule has 0 spiro atoms. The zero-order chi connectivity index (χ0) is 11.5. The van der Waals surface area contributed by atoms with E-state index in [0.717, 1.165) is 35.4 Å². The van der Waals surface area contributed by atoms with E-state index in [9.17, 15) is 0 Å². The number of aryl methyl sites for hydroxylation is 1. The lowest BCUT2D eigenvalue weighted by Crippen LogP contribution is -1.94. The fraction of sp³-hybridized carbons (Fsp3) is 0.333. The molecule has 0 aromatic carbocycles. The maximum atomic E-state index is 5.79. The number of nitrogens with zero attached hydrogens (tertiary/aromatic N) is 2. The van der Waals surface area contributed by atoms with Crippen LogP contribution in [0, 0.1) is 6.92 Å². The minimum atomic E-state index is 0.486. The van der Waals surface area contributed by atoms with Gasteiger partial charge >= 0.3 is 0 Å². The molecule has 2 N–H and O–H groups in total. The molecule has 0 atom stereocenters. The molecule has 2 aromatic heterocycles. The number of hydrogen-bond donors (Lipinski definition) is 1. The highest BCUT2D eigenvalue weighted by Gasteiger charge is 2.16. The molecule has 2 rings (SSSR count). The van der Waals surface area contributed by atoms with Gasteiger partial charge in [-0.25, -0.2) is 0 Å². The normalized spacial score (nSPS) is 10.6. The summed E-state index contributed by atoms with van der Waals surface area (Å²) >= 11 is 0. The summed E-state index contributed by atoms with van der Waals surface area (Å²) in [7, 11) is 0. The van der Waals surface area contributed by atoms with Gasteiger partial charge < -0.3 is 10.3 Å². The number of anilines is 1. The molecular weight excluding hydrogens is 202 g/mol. The number of aromatic nitrogens is 2. The second-order valence-corrected chi connectivity index (χ2v) is 3.76. The van der Waals surface area contributed by atoms with E-state index in [0.29, 0.717) is 5.82 Å². The summed E-state index contributed by atoms with van der Waals surface area (Å²) in [5.74, 6) is 1.24. The third-order valence-electron chi connectivity index (χ3n) is 2.57. The number of pyridine rings is 1. The maximum Gasteiger partial charge on any atom is 0.174 e. The Balaban J connectivity index is 2.52. The SMILES string of the molecule is CCCc1c(N)noc1-c1cccnc1C. The number of rotatable bonds is 3. The molecule has 0 aliphatic rings. The van der Waals surface area contributed by atoms with E-state index >= 15 is 0 Å². The van der Waals surface area contributed by atoms with Gasteiger partial charge in [-0.05, 0) is 25.5 Å². The maximum absolute atomic E-state index is 5.79. The summed E-state index contributed by atoms with van der Waals surface area (Å²) in [6, 6.07) is 3.86. The smallest absolute Gasteiger partial charge is 0.174 e. The zero-order valence-electron chi connectivity index (χ0n) is 9.53. The molecule has 16 heavy (non-hydrogen) atoms. The third-order valence-corrected chi connectivity index (χ3v) is 2.57. The predicted molar refractivity (Wildman–Crippen MR) is 62.9 cm³/mol. The van der Waals surface area contributed by atoms with Gasteiger partial charge in [0.25, 0.3) is 0 Å². The monoisotopic (exact) mass is 217 g/mol. The molecule has 0 aliphatic carbocycles. The summed E-state index contributed by atoms with van der Waals surface area (Å²) in [5, 5.41) is 3.83. The first-order chi connectivity index (χ1) is 7.74. The average Bonchev–Trinajstić information content (AvgIpc) is 2.62. The molecule has 0 radical (unpaired) electrons. The van der Waals surface area contributed by atoms with Gasteiger partial charge in [-0.1, -0.05) is 18.5 Å². The van der Waals surface area contributed by atoms with E-state index in [1.165, 1.54) is 0 Å². The molecule has 0 bridgehead atoms. The highest BCUT2D eigenvalue weighted by molar-refractivity contribution is 5.67. The highest BCUT2D eigenvalue weighted by atomic mass is 16.5. The van der Waals surface area contributed by atoms with E-state index in [1.54, 1.807) is 6.20 Å². The quantitative estimate of drug-likeness (QED) is 0.858. The Bertz CT molecular complexity index is 491. The van der Waals surface area contributed by atoms with Gasteiger partial charge in [-0.15, -0.1) is 0 Å². The Morgan fingerprint density at radius 1 is 1.44 bits per heavy atom. The van der Waals surface area contributed by atoms with Crippen molar-refractivity contribution >= 4 is 5.82 Å². The highest BCUT2D eigenvalue weighted by Crippen LogP contribution is 2.30. The van der Waals surface area contributed by atoms with Crippen LogP contribution in [-0.2, 0) is 6.42 Å². The summed E-state index contributed by atoms with van der Waals surface area (Å²) in [6.07, 6.45) is 3.65. The average molecular weight is 217 g/mol. The van der Waals surface area contributed by atoms with Gasteiger partial charge in [0.1, 0.15) is 0 Å². The van der Waals surface area contributed by atoms with Crippen LogP contribution in [0.1, 0.15) is 24.6 Å². The Labute approximate surface area is 94.5 Å². The molecule has 2 heterocycles. The minimum absolute atomic E-state index is 0.486. The Hall–Kier alpha value is -1.84. The zero-order valence-corrected chi connectivity index (χ0v) is 9.53. The van der Waals surface area contributed by atoms with Crippen LogP contribution in [0.25, 0.3) is 11.3 Å². The van der Waals surface area contributed by atoms with Crippen molar-refractivity contribution in [1.82, 2.24) is 10.1 Å². The predicted octanol–water partition coefficient (Wildman–Crippen LogP) is 2.58. The molecule has 0 aliphatic heterocycles. The van der Waals surface area contributed by atoms with Gasteiger partial charge in [0.15, 0.2) is 11.6 Å². The fourth-order valence-electron chi connectivity index (χ4n) is 1.75. The van der Waals surface area contributed by atoms with Gasteiger partial charge in [0.2, 0.25) is 0 Å². The lowest BCUT2D eigenvalue weighted by Gasteiger charge is -2.02. The minimum Gasteiger partial charge on any atom is -0.381 e. The summed E-state index contributed by atoms with van der Waals surface area (Å²) in [5.41, 5.74) is 8.67. The molecule has 0 fully saturated rings. The van der Waals surface area contributed by atoms with Crippen molar-refractivity contribution in [3.8, 4) is 11.3 Å². The third kappa shape index (κ3) is 1.78. The van der Waals surface area contributed by atoms with E-state index < -0.39 is 0 Å². The first kappa shape index (κ1) is 10.7. The molecule has 4 heteroatoms. The van der Waals surface area contributed by atoms with Crippen molar-refractivity contribution in [2.24, 2.45) is 0 Å². The molecule has 84 valence electrons. The number of nitrogens with two attached hydrogens (primary N) is 1. The molecular formula is C12H15N3O. The molecule has 0 unspecified atom stereocenters. The second-order valence-electron chi connectivity index (χ2n) is 3.76. The van der Waals surface area contributed by atoms with Crippen molar-refractivity contribution < 1.29 is 4.52 Å². The van der Waals surface area contributed by atoms with Crippen LogP contribution in [0.3, 0.4) is 0 Å². The largest absolute Gasteiger partial charge is 0.381 e. The van der Waals surface area contributed by atoms with Gasteiger partial charge in [-0.2, -0.15) is 0 Å². The van der Waals surface area contributed by atoms with Crippen molar-refractivity contribution in [1.29, 1.82) is 0 Å². The second kappa shape index (κ2) is 4.35. The first-order valence-electron chi connectivity index (χ1n) is 5.40. The van der Waals surface area contributed by atoms with E-state index in [1.807, 2.05) is 19.1 Å². The van der Waals surface area contributed by atoms with E-state index in [2.05, 4.69) is 17.1 Å². The van der Waals surface area contributed by atoms with Crippen LogP contribution >= 0.6 is 0 Å². The molecule has 0 amide bonds. The standard InChI is InChI=1S/C12H15N3O/c1-3-5-10-11(16-15-12(10)13)9-6-4-7-14-8(9)2/h4,6-7H,3,5H2,1-2H3,(H2,13,15). The van der Waals surface area contributed by atoms with Gasteiger partial charge in [0.05, 0.1) is 0 Å². The van der Waals surface area contributed by atoms with Gasteiger partial charge in [0, 0.05) is 23.0 Å². The first-order valence-corrected chi connectivity index (χ1v) is 5.40. The van der Waals surface area contributed by atoms with Crippen LogP contribution in [0.4, 0.5) is 5.82 Å². The molecule has 0 saturated carbocycles. The van der Waals surface area contributed by atoms with Crippen molar-refractivity contribution in [2.45, 2.75) is 26.7 Å². The Kier molecular flexibility index (Phi) is 2.90. The van der Waals surface area contributed by atoms with Crippen LogP contribution < -0.4 is 5.73 Å². The fourth-order valence-corrected chi connectivity index (χ4v) is 1.75. The summed E-state index contributed by atoms with van der Waals surface area (Å²) in [4.78, 5) is 4.24. The molecule has 4 nitrogen and oxygen atoms in total. The Morgan fingerprint density at radius 3 is 2.94 bits per heavy atom. The van der Waals surface area contributed by atoms with E-state index in [4.69, 9.17) is 10.3 Å². The lowest BCUT2D eigenvalue weighted by atomic mass is 10.0. The number of nitrogen functional groups attached to an aromatic ring is 1. The van der Waals surface area contributed by atoms with Crippen molar-refractivity contribution in [2.75, 3.05) is 5.73 Å². The summed E-state index contributed by atoms with van der Waals surface area (Å²) in [6.45, 7) is 4.05.